The van der Waals surface area contributed by atoms with Gasteiger partial charge in [-0.3, -0.25) is 0 Å². The number of nitrogens with zero attached hydrogens (tertiary/aromatic N) is 5. The highest BCUT2D eigenvalue weighted by atomic mass is 32.2. The number of rotatable bonds is 7. The number of morpholine rings is 1. The third kappa shape index (κ3) is 5.02. The molecule has 2 saturated heterocycles. The predicted octanol–water partition coefficient (Wildman–Crippen LogP) is 3.50. The van der Waals surface area contributed by atoms with Crippen molar-refractivity contribution in [1.29, 1.82) is 0 Å². The second-order valence-corrected chi connectivity index (χ2v) is 12.1. The van der Waals surface area contributed by atoms with Crippen LogP contribution in [-0.2, 0) is 25.9 Å². The van der Waals surface area contributed by atoms with Gasteiger partial charge in [0.15, 0.2) is 0 Å². The molecule has 0 spiro atoms. The molecule has 4 heterocycles. The Kier molecular flexibility index (Phi) is 7.15. The monoisotopic (exact) mass is 575 g/mol. The van der Waals surface area contributed by atoms with Gasteiger partial charge in [-0.05, 0) is 60.9 Å². The summed E-state index contributed by atoms with van der Waals surface area (Å²) < 4.78 is 80.5. The molecule has 0 N–H and O–H groups in total. The van der Waals surface area contributed by atoms with E-state index in [0.717, 1.165) is 16.8 Å². The number of anilines is 1. The second-order valence-electron chi connectivity index (χ2n) is 10.2. The largest absolute Gasteiger partial charge is 0.378 e. The lowest BCUT2D eigenvalue weighted by atomic mass is 9.69. The zero-order valence-corrected chi connectivity index (χ0v) is 22.4. The van der Waals surface area contributed by atoms with Crippen LogP contribution >= 0.6 is 0 Å². The second kappa shape index (κ2) is 10.6. The SMILES string of the molecule is O=S(=O)(c1ccc(N2CCOCC2)nc1)N1CCC2=Cc3c(cnn3-c3ccc(F)cc3)C[C@]2(COC(F)F)C1. The summed E-state index contributed by atoms with van der Waals surface area (Å²) >= 11 is 0. The van der Waals surface area contributed by atoms with E-state index in [9.17, 15) is 21.6 Å². The maximum absolute atomic E-state index is 13.7. The van der Waals surface area contributed by atoms with E-state index in [1.54, 1.807) is 29.1 Å². The Bertz CT molecular complexity index is 1510. The highest BCUT2D eigenvalue weighted by molar-refractivity contribution is 7.89. The number of piperidine rings is 1. The van der Waals surface area contributed by atoms with Crippen molar-refractivity contribution in [1.82, 2.24) is 19.1 Å². The fourth-order valence-electron chi connectivity index (χ4n) is 5.69. The van der Waals surface area contributed by atoms with Crippen molar-refractivity contribution >= 4 is 21.9 Å². The van der Waals surface area contributed by atoms with Crippen LogP contribution in [0.2, 0.25) is 0 Å². The number of alkyl halides is 2. The van der Waals surface area contributed by atoms with E-state index in [1.165, 1.54) is 28.7 Å². The molecule has 9 nitrogen and oxygen atoms in total. The molecule has 2 aliphatic heterocycles. The van der Waals surface area contributed by atoms with Crippen LogP contribution in [0.3, 0.4) is 0 Å². The van der Waals surface area contributed by atoms with Gasteiger partial charge in [-0.1, -0.05) is 5.57 Å². The van der Waals surface area contributed by atoms with E-state index in [0.29, 0.717) is 44.2 Å². The Morgan fingerprint density at radius 2 is 1.82 bits per heavy atom. The van der Waals surface area contributed by atoms with Crippen LogP contribution in [0.4, 0.5) is 19.0 Å². The lowest BCUT2D eigenvalue weighted by Crippen LogP contribution is -2.51. The average molecular weight is 576 g/mol. The fourth-order valence-corrected chi connectivity index (χ4v) is 7.17. The Balaban J connectivity index is 1.29. The minimum Gasteiger partial charge on any atom is -0.378 e. The number of hydrogen-bond acceptors (Lipinski definition) is 7. The van der Waals surface area contributed by atoms with E-state index in [2.05, 4.69) is 10.1 Å². The maximum atomic E-state index is 13.7. The summed E-state index contributed by atoms with van der Waals surface area (Å²) in [7, 11) is -3.95. The van der Waals surface area contributed by atoms with Gasteiger partial charge in [-0.25, -0.2) is 22.5 Å². The summed E-state index contributed by atoms with van der Waals surface area (Å²) in [6, 6.07) is 9.11. The number of aromatic nitrogens is 3. The summed E-state index contributed by atoms with van der Waals surface area (Å²) in [6.45, 7) is -0.687. The van der Waals surface area contributed by atoms with Crippen LogP contribution in [0, 0.1) is 11.2 Å². The van der Waals surface area contributed by atoms with Crippen molar-refractivity contribution in [3.05, 3.63) is 71.4 Å². The number of sulfonamides is 1. The quantitative estimate of drug-likeness (QED) is 0.426. The van der Waals surface area contributed by atoms with Crippen LogP contribution in [0.5, 0.6) is 0 Å². The molecule has 0 saturated carbocycles. The van der Waals surface area contributed by atoms with Crippen molar-refractivity contribution in [3.63, 3.8) is 0 Å². The minimum absolute atomic E-state index is 0.0275. The Hall–Kier alpha value is -3.26. The molecule has 6 rings (SSSR count). The maximum Gasteiger partial charge on any atom is 0.345 e. The van der Waals surface area contributed by atoms with Crippen LogP contribution in [0.15, 0.2) is 59.3 Å². The molecule has 0 bridgehead atoms. The van der Waals surface area contributed by atoms with E-state index < -0.39 is 22.0 Å². The smallest absolute Gasteiger partial charge is 0.345 e. The highest BCUT2D eigenvalue weighted by Gasteiger charge is 2.46. The third-order valence-electron chi connectivity index (χ3n) is 7.77. The molecule has 0 amide bonds. The first-order valence-corrected chi connectivity index (χ1v) is 14.4. The molecular formula is C27H28F3N5O4S. The Morgan fingerprint density at radius 1 is 1.05 bits per heavy atom. The molecule has 2 fully saturated rings. The predicted molar refractivity (Wildman–Crippen MR) is 140 cm³/mol. The van der Waals surface area contributed by atoms with Crippen LogP contribution in [-0.4, -0.2) is 80.1 Å². The van der Waals surface area contributed by atoms with Gasteiger partial charge in [-0.15, -0.1) is 0 Å². The number of ether oxygens (including phenoxy) is 2. The van der Waals surface area contributed by atoms with Crippen LogP contribution in [0.1, 0.15) is 17.7 Å². The molecule has 3 aliphatic rings. The van der Waals surface area contributed by atoms with Crippen molar-refractivity contribution in [2.45, 2.75) is 24.3 Å². The zero-order valence-electron chi connectivity index (χ0n) is 21.5. The van der Waals surface area contributed by atoms with Gasteiger partial charge in [0, 0.05) is 37.8 Å². The van der Waals surface area contributed by atoms with Crippen LogP contribution in [0.25, 0.3) is 11.8 Å². The van der Waals surface area contributed by atoms with Crippen molar-refractivity contribution < 1.29 is 31.1 Å². The van der Waals surface area contributed by atoms with Gasteiger partial charge in [-0.2, -0.15) is 18.2 Å². The first-order chi connectivity index (χ1) is 19.2. The molecular weight excluding hydrogens is 547 g/mol. The summed E-state index contributed by atoms with van der Waals surface area (Å²) in [5, 5.41) is 4.45. The van der Waals surface area contributed by atoms with Gasteiger partial charge in [0.25, 0.3) is 0 Å². The molecule has 1 aromatic carbocycles. The standard InChI is InChI=1S/C27H28F3N5O4S/c28-21-1-3-22(4-2-21)35-24-13-20-7-8-34(17-27(20,18-39-26(29)30)14-19(24)15-32-35)40(36,37)23-5-6-25(31-16-23)33-9-11-38-12-10-33/h1-6,13,15-16,26H,7-12,14,17-18H2/t27-/m1/s1. The van der Waals surface area contributed by atoms with Gasteiger partial charge < -0.3 is 14.4 Å². The number of halogens is 3. The molecule has 0 radical (unpaired) electrons. The summed E-state index contributed by atoms with van der Waals surface area (Å²) in [5.41, 5.74) is 2.00. The van der Waals surface area contributed by atoms with Gasteiger partial charge in [0.05, 0.1) is 37.4 Å². The summed E-state index contributed by atoms with van der Waals surface area (Å²) in [4.78, 5) is 6.46. The van der Waals surface area contributed by atoms with E-state index in [4.69, 9.17) is 9.47 Å². The zero-order chi connectivity index (χ0) is 27.9. The average Bonchev–Trinajstić information content (AvgIpc) is 3.37. The van der Waals surface area contributed by atoms with E-state index >= 15 is 0 Å². The first-order valence-electron chi connectivity index (χ1n) is 13.0. The molecule has 13 heteroatoms. The van der Waals surface area contributed by atoms with E-state index in [1.807, 2.05) is 11.0 Å². The minimum atomic E-state index is -3.95. The Labute approximate surface area is 229 Å². The topological polar surface area (TPSA) is 89.8 Å². The Morgan fingerprint density at radius 3 is 2.52 bits per heavy atom. The van der Waals surface area contributed by atoms with Gasteiger partial charge >= 0.3 is 6.61 Å². The van der Waals surface area contributed by atoms with E-state index in [-0.39, 0.29) is 36.8 Å². The molecule has 1 aliphatic carbocycles. The molecule has 1 atom stereocenters. The van der Waals surface area contributed by atoms with Gasteiger partial charge in [0.1, 0.15) is 16.5 Å². The normalized spacial score (nSPS) is 21.7. The molecule has 212 valence electrons. The van der Waals surface area contributed by atoms with Crippen LogP contribution < -0.4 is 4.90 Å². The number of hydrogen-bond donors (Lipinski definition) is 0. The molecule has 40 heavy (non-hydrogen) atoms. The van der Waals surface area contributed by atoms with Crippen molar-refractivity contribution in [2.24, 2.45) is 5.41 Å². The van der Waals surface area contributed by atoms with Crippen molar-refractivity contribution in [3.8, 4) is 5.69 Å². The molecule has 0 unspecified atom stereocenters. The summed E-state index contributed by atoms with van der Waals surface area (Å²) in [5.74, 6) is 0.303. The first kappa shape index (κ1) is 26.9. The van der Waals surface area contributed by atoms with Gasteiger partial charge in [0.2, 0.25) is 10.0 Å². The number of fused-ring (bicyclic) bond motifs is 2. The third-order valence-corrected chi connectivity index (χ3v) is 9.60. The highest BCUT2D eigenvalue weighted by Crippen LogP contribution is 2.45. The molecule has 3 aromatic rings. The lowest BCUT2D eigenvalue weighted by Gasteiger charge is -2.45. The number of pyridine rings is 1. The summed E-state index contributed by atoms with van der Waals surface area (Å²) in [6.07, 6.45) is 5.46. The molecule has 2 aromatic heterocycles. The van der Waals surface area contributed by atoms with Crippen molar-refractivity contribution in [2.75, 3.05) is 50.9 Å². The fraction of sp³-hybridized carbons (Fsp3) is 0.407. The lowest BCUT2D eigenvalue weighted by molar-refractivity contribution is -0.150. The number of benzene rings is 1.